The van der Waals surface area contributed by atoms with Gasteiger partial charge in [-0.25, -0.2) is 0 Å². The fourth-order valence-electron chi connectivity index (χ4n) is 4.24. The minimum absolute atomic E-state index is 0.364. The minimum Gasteiger partial charge on any atom is -0.497 e. The Hall–Kier alpha value is -3.26. The molecule has 0 bridgehead atoms. The monoisotopic (exact) mass is 351 g/mol. The standard InChI is InChI=1S/C25H21NO/c1-17-21-10-6-7-11-23(21)26-24(19-12-14-20(27-2)15-13-19)16-22(25(17)26)18-8-4-3-5-9-18/h3-17H,1-2H3. The average molecular weight is 351 g/mol. The molecule has 0 radical (unpaired) electrons. The number of para-hydroxylation sites is 1. The molecule has 1 unspecified atom stereocenters. The Labute approximate surface area is 159 Å². The lowest BCUT2D eigenvalue weighted by molar-refractivity contribution is 0.415. The lowest BCUT2D eigenvalue weighted by Gasteiger charge is -2.09. The number of rotatable bonds is 3. The van der Waals surface area contributed by atoms with Crippen LogP contribution < -0.4 is 4.74 Å². The summed E-state index contributed by atoms with van der Waals surface area (Å²) in [6, 6.07) is 30.1. The van der Waals surface area contributed by atoms with Gasteiger partial charge in [-0.2, -0.15) is 0 Å². The zero-order valence-electron chi connectivity index (χ0n) is 15.5. The number of hydrogen-bond acceptors (Lipinski definition) is 1. The van der Waals surface area contributed by atoms with E-state index in [1.807, 2.05) is 12.1 Å². The van der Waals surface area contributed by atoms with Crippen molar-refractivity contribution in [3.63, 3.8) is 0 Å². The Morgan fingerprint density at radius 2 is 1.48 bits per heavy atom. The van der Waals surface area contributed by atoms with Crippen LogP contribution in [0.1, 0.15) is 24.1 Å². The number of ether oxygens (including phenoxy) is 1. The van der Waals surface area contributed by atoms with E-state index in [4.69, 9.17) is 4.74 Å². The summed E-state index contributed by atoms with van der Waals surface area (Å²) in [6.45, 7) is 2.31. The van der Waals surface area contributed by atoms with Crippen molar-refractivity contribution in [2.75, 3.05) is 7.11 Å². The van der Waals surface area contributed by atoms with Crippen molar-refractivity contribution in [3.05, 3.63) is 96.2 Å². The molecular weight excluding hydrogens is 330 g/mol. The molecule has 0 saturated carbocycles. The van der Waals surface area contributed by atoms with Gasteiger partial charge in [0.15, 0.2) is 0 Å². The van der Waals surface area contributed by atoms with E-state index in [2.05, 4.69) is 84.3 Å². The summed E-state index contributed by atoms with van der Waals surface area (Å²) in [6.07, 6.45) is 0. The SMILES string of the molecule is COc1ccc(-c2cc(-c3ccccc3)c3n2-c2ccccc2C3C)cc1. The first-order valence-electron chi connectivity index (χ1n) is 9.32. The maximum atomic E-state index is 5.34. The molecule has 1 aromatic heterocycles. The van der Waals surface area contributed by atoms with E-state index in [1.165, 1.54) is 39.3 Å². The summed E-state index contributed by atoms with van der Waals surface area (Å²) < 4.78 is 7.77. The number of nitrogens with zero attached hydrogens (tertiary/aromatic N) is 1. The highest BCUT2D eigenvalue weighted by molar-refractivity contribution is 5.81. The van der Waals surface area contributed by atoms with Crippen molar-refractivity contribution in [2.45, 2.75) is 12.8 Å². The molecule has 2 heterocycles. The van der Waals surface area contributed by atoms with E-state index in [1.54, 1.807) is 7.11 Å². The van der Waals surface area contributed by atoms with E-state index in [9.17, 15) is 0 Å². The zero-order chi connectivity index (χ0) is 18.4. The molecule has 1 atom stereocenters. The van der Waals surface area contributed by atoms with Gasteiger partial charge in [-0.05, 0) is 53.1 Å². The third-order valence-electron chi connectivity index (χ3n) is 5.56. The third-order valence-corrected chi connectivity index (χ3v) is 5.56. The van der Waals surface area contributed by atoms with Crippen LogP contribution in [0.3, 0.4) is 0 Å². The van der Waals surface area contributed by atoms with E-state index in [-0.39, 0.29) is 0 Å². The van der Waals surface area contributed by atoms with Gasteiger partial charge in [0, 0.05) is 22.9 Å². The second kappa shape index (κ2) is 6.17. The molecule has 5 rings (SSSR count). The van der Waals surface area contributed by atoms with Gasteiger partial charge in [0.25, 0.3) is 0 Å². The molecule has 1 aliphatic rings. The van der Waals surface area contributed by atoms with Crippen molar-refractivity contribution in [1.82, 2.24) is 4.57 Å². The Morgan fingerprint density at radius 3 is 2.22 bits per heavy atom. The van der Waals surface area contributed by atoms with E-state index in [0.717, 1.165) is 5.75 Å². The van der Waals surface area contributed by atoms with Gasteiger partial charge in [-0.1, -0.05) is 55.5 Å². The Balaban J connectivity index is 1.79. The first-order valence-corrected chi connectivity index (χ1v) is 9.32. The predicted octanol–water partition coefficient (Wildman–Crippen LogP) is 6.29. The van der Waals surface area contributed by atoms with Crippen LogP contribution in [0.5, 0.6) is 5.75 Å². The molecule has 0 N–H and O–H groups in total. The second-order valence-corrected chi connectivity index (χ2v) is 7.04. The van der Waals surface area contributed by atoms with Gasteiger partial charge in [-0.15, -0.1) is 0 Å². The first kappa shape index (κ1) is 16.0. The summed E-state index contributed by atoms with van der Waals surface area (Å²) in [7, 11) is 1.70. The molecule has 0 aliphatic carbocycles. The van der Waals surface area contributed by atoms with Gasteiger partial charge < -0.3 is 9.30 Å². The zero-order valence-corrected chi connectivity index (χ0v) is 15.5. The van der Waals surface area contributed by atoms with Crippen LogP contribution >= 0.6 is 0 Å². The summed E-state index contributed by atoms with van der Waals surface area (Å²) in [5.41, 5.74) is 9.04. The fraction of sp³-hybridized carbons (Fsp3) is 0.120. The number of methoxy groups -OCH3 is 1. The molecule has 2 nitrogen and oxygen atoms in total. The summed E-state index contributed by atoms with van der Waals surface area (Å²) >= 11 is 0. The third kappa shape index (κ3) is 2.41. The quantitative estimate of drug-likeness (QED) is 0.423. The Bertz CT molecular complexity index is 1110. The highest BCUT2D eigenvalue weighted by Crippen LogP contribution is 2.47. The Kier molecular flexibility index (Phi) is 3.64. The molecule has 4 aromatic rings. The predicted molar refractivity (Wildman–Crippen MR) is 111 cm³/mol. The lowest BCUT2D eigenvalue weighted by Crippen LogP contribution is -1.96. The van der Waals surface area contributed by atoms with Crippen molar-refractivity contribution in [1.29, 1.82) is 0 Å². The van der Waals surface area contributed by atoms with Crippen LogP contribution in [0.4, 0.5) is 0 Å². The number of benzene rings is 3. The average Bonchev–Trinajstić information content (AvgIpc) is 3.26. The highest BCUT2D eigenvalue weighted by Gasteiger charge is 2.31. The van der Waals surface area contributed by atoms with E-state index in [0.29, 0.717) is 5.92 Å². The smallest absolute Gasteiger partial charge is 0.118 e. The summed E-state index contributed by atoms with van der Waals surface area (Å²) in [4.78, 5) is 0. The van der Waals surface area contributed by atoms with Gasteiger partial charge in [-0.3, -0.25) is 0 Å². The summed E-state index contributed by atoms with van der Waals surface area (Å²) in [5, 5.41) is 0. The van der Waals surface area contributed by atoms with Crippen molar-refractivity contribution >= 4 is 0 Å². The van der Waals surface area contributed by atoms with Gasteiger partial charge >= 0.3 is 0 Å². The molecule has 0 saturated heterocycles. The van der Waals surface area contributed by atoms with Crippen LogP contribution in [0.15, 0.2) is 84.9 Å². The highest BCUT2D eigenvalue weighted by atomic mass is 16.5. The molecule has 2 heteroatoms. The normalized spacial score (nSPS) is 14.7. The van der Waals surface area contributed by atoms with Crippen molar-refractivity contribution < 1.29 is 4.74 Å². The van der Waals surface area contributed by atoms with Crippen molar-refractivity contribution in [3.8, 4) is 33.8 Å². The van der Waals surface area contributed by atoms with Crippen LogP contribution in [-0.2, 0) is 0 Å². The van der Waals surface area contributed by atoms with Gasteiger partial charge in [0.2, 0.25) is 0 Å². The topological polar surface area (TPSA) is 14.2 Å². The molecular formula is C25H21NO. The van der Waals surface area contributed by atoms with Crippen LogP contribution in [-0.4, -0.2) is 11.7 Å². The van der Waals surface area contributed by atoms with E-state index >= 15 is 0 Å². The Morgan fingerprint density at radius 1 is 0.778 bits per heavy atom. The number of hydrogen-bond donors (Lipinski definition) is 0. The van der Waals surface area contributed by atoms with E-state index < -0.39 is 0 Å². The first-order chi connectivity index (χ1) is 13.3. The van der Waals surface area contributed by atoms with Gasteiger partial charge in [0.1, 0.15) is 5.75 Å². The molecule has 132 valence electrons. The molecule has 27 heavy (non-hydrogen) atoms. The molecule has 0 spiro atoms. The largest absolute Gasteiger partial charge is 0.497 e. The van der Waals surface area contributed by atoms with Crippen LogP contribution in [0.2, 0.25) is 0 Å². The fourth-order valence-corrected chi connectivity index (χ4v) is 4.24. The second-order valence-electron chi connectivity index (χ2n) is 7.04. The van der Waals surface area contributed by atoms with Crippen LogP contribution in [0.25, 0.3) is 28.1 Å². The molecule has 1 aliphatic heterocycles. The maximum absolute atomic E-state index is 5.34. The number of aromatic nitrogens is 1. The lowest BCUT2D eigenvalue weighted by atomic mass is 9.94. The van der Waals surface area contributed by atoms with Crippen molar-refractivity contribution in [2.24, 2.45) is 0 Å². The van der Waals surface area contributed by atoms with Gasteiger partial charge in [0.05, 0.1) is 12.8 Å². The number of fused-ring (bicyclic) bond motifs is 3. The molecule has 0 amide bonds. The molecule has 0 fully saturated rings. The minimum atomic E-state index is 0.364. The maximum Gasteiger partial charge on any atom is 0.118 e. The summed E-state index contributed by atoms with van der Waals surface area (Å²) in [5.74, 6) is 1.24. The molecule has 3 aromatic carbocycles. The van der Waals surface area contributed by atoms with Crippen LogP contribution in [0, 0.1) is 0 Å².